The molecule has 5 nitrogen and oxygen atoms in total. The highest BCUT2D eigenvalue weighted by Gasteiger charge is 2.12. The van der Waals surface area contributed by atoms with E-state index in [1.165, 1.54) is 38.0 Å². The molecule has 0 aromatic carbocycles. The number of pyridine rings is 1. The van der Waals surface area contributed by atoms with Gasteiger partial charge in [-0.05, 0) is 0 Å². The zero-order chi connectivity index (χ0) is 10.7. The van der Waals surface area contributed by atoms with E-state index < -0.39 is 5.97 Å². The molecule has 0 spiro atoms. The summed E-state index contributed by atoms with van der Waals surface area (Å²) >= 11 is 0. The molecular weight excluding hydrogens is 186 g/mol. The monoisotopic (exact) mass is 197 g/mol. The number of nitrogens with zero attached hydrogens (tertiary/aromatic N) is 1. The van der Waals surface area contributed by atoms with Crippen LogP contribution in [0.1, 0.15) is 10.5 Å². The third-order valence-electron chi connectivity index (χ3n) is 1.87. The zero-order valence-corrected chi connectivity index (χ0v) is 8.23. The molecule has 5 heteroatoms. The zero-order valence-electron chi connectivity index (χ0n) is 8.23. The molecule has 0 fully saturated rings. The molecule has 76 valence electrons. The van der Waals surface area contributed by atoms with Crippen molar-refractivity contribution in [2.75, 3.05) is 14.2 Å². The molecule has 0 unspecified atom stereocenters. The first-order valence-corrected chi connectivity index (χ1v) is 3.93. The average molecular weight is 197 g/mol. The summed E-state index contributed by atoms with van der Waals surface area (Å²) in [6.45, 7) is 0. The summed E-state index contributed by atoms with van der Waals surface area (Å²) in [7, 11) is 4.18. The predicted molar refractivity (Wildman–Crippen MR) is 49.6 cm³/mol. The Morgan fingerprint density at radius 3 is 2.50 bits per heavy atom. The number of rotatable bonds is 2. The van der Waals surface area contributed by atoms with Crippen LogP contribution in [0.4, 0.5) is 0 Å². The van der Waals surface area contributed by atoms with Crippen molar-refractivity contribution < 1.29 is 14.3 Å². The molecule has 0 amide bonds. The summed E-state index contributed by atoms with van der Waals surface area (Å²) in [6.07, 6.45) is 0. The van der Waals surface area contributed by atoms with Crippen molar-refractivity contribution in [1.82, 2.24) is 4.57 Å². The van der Waals surface area contributed by atoms with Crippen LogP contribution in [-0.4, -0.2) is 24.8 Å². The van der Waals surface area contributed by atoms with Gasteiger partial charge in [0, 0.05) is 19.2 Å². The van der Waals surface area contributed by atoms with Crippen molar-refractivity contribution in [3.8, 4) is 5.75 Å². The molecule has 0 radical (unpaired) electrons. The number of aromatic nitrogens is 1. The minimum Gasteiger partial charge on any atom is -0.496 e. The van der Waals surface area contributed by atoms with Gasteiger partial charge in [0.2, 0.25) is 0 Å². The Kier molecular flexibility index (Phi) is 2.91. The average Bonchev–Trinajstić information content (AvgIpc) is 2.20. The number of carbonyl (C=O) groups excluding carboxylic acids is 1. The third kappa shape index (κ3) is 1.76. The molecule has 0 N–H and O–H groups in total. The Balaban J connectivity index is 3.34. The number of ether oxygens (including phenoxy) is 2. The summed E-state index contributed by atoms with van der Waals surface area (Å²) in [6, 6.07) is 2.75. The molecule has 0 aliphatic rings. The number of hydrogen-bond donors (Lipinski definition) is 0. The van der Waals surface area contributed by atoms with Crippen molar-refractivity contribution in [3.05, 3.63) is 28.2 Å². The van der Waals surface area contributed by atoms with Crippen molar-refractivity contribution in [3.63, 3.8) is 0 Å². The summed E-state index contributed by atoms with van der Waals surface area (Å²) in [5.74, 6) is -0.225. The van der Waals surface area contributed by atoms with E-state index in [9.17, 15) is 9.59 Å². The summed E-state index contributed by atoms with van der Waals surface area (Å²) in [5.41, 5.74) is -0.151. The van der Waals surface area contributed by atoms with Gasteiger partial charge in [-0.15, -0.1) is 0 Å². The molecule has 1 aromatic rings. The Bertz CT molecular complexity index is 408. The molecule has 1 rings (SSSR count). The maximum atomic E-state index is 11.3. The fourth-order valence-corrected chi connectivity index (χ4v) is 1.03. The number of hydrogen-bond acceptors (Lipinski definition) is 4. The van der Waals surface area contributed by atoms with Gasteiger partial charge in [0.25, 0.3) is 5.56 Å². The fraction of sp³-hybridized carbons (Fsp3) is 0.333. The Morgan fingerprint density at radius 2 is 2.00 bits per heavy atom. The van der Waals surface area contributed by atoms with Crippen molar-refractivity contribution in [1.29, 1.82) is 0 Å². The summed E-state index contributed by atoms with van der Waals surface area (Å²) in [5, 5.41) is 0. The molecule has 0 aliphatic heterocycles. The SMILES string of the molecule is COC(=O)c1cc(OC)cc(=O)n1C. The second kappa shape index (κ2) is 3.95. The van der Waals surface area contributed by atoms with Gasteiger partial charge in [-0.25, -0.2) is 4.79 Å². The van der Waals surface area contributed by atoms with E-state index in [4.69, 9.17) is 4.74 Å². The number of esters is 1. The van der Waals surface area contributed by atoms with Crippen LogP contribution in [0.15, 0.2) is 16.9 Å². The summed E-state index contributed by atoms with van der Waals surface area (Å²) in [4.78, 5) is 22.5. The van der Waals surface area contributed by atoms with Crippen molar-refractivity contribution >= 4 is 5.97 Å². The molecule has 0 bridgehead atoms. The van der Waals surface area contributed by atoms with Gasteiger partial charge in [0.15, 0.2) is 0 Å². The third-order valence-corrected chi connectivity index (χ3v) is 1.87. The lowest BCUT2D eigenvalue weighted by Crippen LogP contribution is -2.23. The van der Waals surface area contributed by atoms with Gasteiger partial charge < -0.3 is 14.0 Å². The molecule has 1 aromatic heterocycles. The summed E-state index contributed by atoms with van der Waals surface area (Å²) < 4.78 is 10.6. The fourth-order valence-electron chi connectivity index (χ4n) is 1.03. The molecule has 0 atom stereocenters. The first-order chi connectivity index (χ1) is 6.60. The largest absolute Gasteiger partial charge is 0.496 e. The van der Waals surface area contributed by atoms with Gasteiger partial charge in [-0.1, -0.05) is 0 Å². The normalized spacial score (nSPS) is 9.64. The van der Waals surface area contributed by atoms with Crippen LogP contribution >= 0.6 is 0 Å². The first kappa shape index (κ1) is 10.3. The van der Waals surface area contributed by atoms with Gasteiger partial charge in [-0.2, -0.15) is 0 Å². The van der Waals surface area contributed by atoms with E-state index in [-0.39, 0.29) is 11.3 Å². The Labute approximate surface area is 80.9 Å². The topological polar surface area (TPSA) is 57.5 Å². The molecule has 0 saturated heterocycles. The van der Waals surface area contributed by atoms with E-state index in [1.807, 2.05) is 0 Å². The van der Waals surface area contributed by atoms with E-state index in [1.54, 1.807) is 0 Å². The lowest BCUT2D eigenvalue weighted by Gasteiger charge is -2.07. The standard InChI is InChI=1S/C9H11NO4/c1-10-7(9(12)14-3)4-6(13-2)5-8(10)11/h4-5H,1-3H3. The van der Waals surface area contributed by atoms with Gasteiger partial charge in [0.1, 0.15) is 11.4 Å². The Morgan fingerprint density at radius 1 is 1.36 bits per heavy atom. The molecular formula is C9H11NO4. The van der Waals surface area contributed by atoms with Gasteiger partial charge in [-0.3, -0.25) is 4.79 Å². The number of methoxy groups -OCH3 is 2. The van der Waals surface area contributed by atoms with Crippen LogP contribution < -0.4 is 10.3 Å². The van der Waals surface area contributed by atoms with Crippen LogP contribution in [0.3, 0.4) is 0 Å². The Hall–Kier alpha value is -1.78. The van der Waals surface area contributed by atoms with Crippen molar-refractivity contribution in [2.45, 2.75) is 0 Å². The lowest BCUT2D eigenvalue weighted by molar-refractivity contribution is 0.0587. The van der Waals surface area contributed by atoms with Crippen LogP contribution in [0.25, 0.3) is 0 Å². The maximum absolute atomic E-state index is 11.3. The number of carbonyl (C=O) groups is 1. The van der Waals surface area contributed by atoms with Crippen molar-refractivity contribution in [2.24, 2.45) is 7.05 Å². The van der Waals surface area contributed by atoms with E-state index in [0.717, 1.165) is 0 Å². The van der Waals surface area contributed by atoms with Crippen LogP contribution in [0.2, 0.25) is 0 Å². The minimum absolute atomic E-state index is 0.164. The highest BCUT2D eigenvalue weighted by atomic mass is 16.5. The van der Waals surface area contributed by atoms with Crippen LogP contribution in [0, 0.1) is 0 Å². The minimum atomic E-state index is -0.566. The quantitative estimate of drug-likeness (QED) is 0.634. The van der Waals surface area contributed by atoms with E-state index >= 15 is 0 Å². The van der Waals surface area contributed by atoms with Crippen LogP contribution in [0.5, 0.6) is 5.75 Å². The van der Waals surface area contributed by atoms with E-state index in [2.05, 4.69) is 4.74 Å². The molecule has 14 heavy (non-hydrogen) atoms. The lowest BCUT2D eigenvalue weighted by atomic mass is 10.3. The molecule has 1 heterocycles. The predicted octanol–water partition coefficient (Wildman–Crippen LogP) is 0.180. The smallest absolute Gasteiger partial charge is 0.354 e. The van der Waals surface area contributed by atoms with Gasteiger partial charge in [0.05, 0.1) is 14.2 Å². The molecule has 0 saturated carbocycles. The van der Waals surface area contributed by atoms with Crippen LogP contribution in [-0.2, 0) is 11.8 Å². The molecule has 0 aliphatic carbocycles. The second-order valence-electron chi connectivity index (χ2n) is 2.67. The van der Waals surface area contributed by atoms with E-state index in [0.29, 0.717) is 5.75 Å². The maximum Gasteiger partial charge on any atom is 0.354 e. The highest BCUT2D eigenvalue weighted by Crippen LogP contribution is 2.09. The highest BCUT2D eigenvalue weighted by molar-refractivity contribution is 5.87. The second-order valence-corrected chi connectivity index (χ2v) is 2.67. The van der Waals surface area contributed by atoms with Gasteiger partial charge >= 0.3 is 5.97 Å². The first-order valence-electron chi connectivity index (χ1n) is 3.93.